The van der Waals surface area contributed by atoms with E-state index >= 15 is 0 Å². The number of ether oxygens (including phenoxy) is 1. The Balaban J connectivity index is 1.91. The summed E-state index contributed by atoms with van der Waals surface area (Å²) in [5.41, 5.74) is 0.491. The molecule has 2 rings (SSSR count). The normalized spacial score (nSPS) is 21.8. The Morgan fingerprint density at radius 2 is 2.00 bits per heavy atom. The molecule has 1 aliphatic carbocycles. The minimum atomic E-state index is -0.360. The highest BCUT2D eigenvalue weighted by atomic mass is 16.5. The maximum atomic E-state index is 11.7. The number of hydrogen-bond acceptors (Lipinski definition) is 3. The van der Waals surface area contributed by atoms with Crippen LogP contribution in [0.4, 0.5) is 0 Å². The number of rotatable bonds is 3. The summed E-state index contributed by atoms with van der Waals surface area (Å²) in [6.07, 6.45) is 0.584. The van der Waals surface area contributed by atoms with Gasteiger partial charge >= 0.3 is 5.97 Å². The Hall–Kier alpha value is -1.64. The minimum absolute atomic E-state index is 0.0337. The summed E-state index contributed by atoms with van der Waals surface area (Å²) in [5.74, 6) is -0.313. The van der Waals surface area contributed by atoms with E-state index in [2.05, 4.69) is 0 Å². The summed E-state index contributed by atoms with van der Waals surface area (Å²) < 4.78 is 5.18. The zero-order valence-electron chi connectivity index (χ0n) is 10.1. The quantitative estimate of drug-likeness (QED) is 0.752. The van der Waals surface area contributed by atoms with Crippen LogP contribution in [0.5, 0.6) is 0 Å². The average Bonchev–Trinajstić information content (AvgIpc) is 2.29. The summed E-state index contributed by atoms with van der Waals surface area (Å²) in [6.45, 7) is 4.24. The molecule has 0 aliphatic heterocycles. The van der Waals surface area contributed by atoms with E-state index in [0.29, 0.717) is 12.0 Å². The molecule has 0 aromatic heterocycles. The van der Waals surface area contributed by atoms with Gasteiger partial charge in [0.15, 0.2) is 0 Å². The fraction of sp³-hybridized carbons (Fsp3) is 0.429. The first-order valence-corrected chi connectivity index (χ1v) is 5.75. The second-order valence-corrected chi connectivity index (χ2v) is 5.15. The molecule has 0 saturated heterocycles. The first kappa shape index (κ1) is 11.8. The van der Waals surface area contributed by atoms with Gasteiger partial charge in [-0.15, -0.1) is 0 Å². The van der Waals surface area contributed by atoms with E-state index in [-0.39, 0.29) is 29.7 Å². The molecule has 0 radical (unpaired) electrons. The molecule has 1 aromatic rings. The monoisotopic (exact) mass is 232 g/mol. The number of carbonyl (C=O) groups is 2. The first-order chi connectivity index (χ1) is 8.00. The third kappa shape index (κ3) is 2.38. The molecule has 1 aromatic carbocycles. The molecule has 0 amide bonds. The molecule has 0 spiro atoms. The van der Waals surface area contributed by atoms with Gasteiger partial charge in [0.1, 0.15) is 12.4 Å². The fourth-order valence-corrected chi connectivity index (χ4v) is 2.14. The zero-order chi connectivity index (χ0) is 12.5. The van der Waals surface area contributed by atoms with Crippen molar-refractivity contribution < 1.29 is 14.3 Å². The van der Waals surface area contributed by atoms with Crippen molar-refractivity contribution in [2.75, 3.05) is 6.61 Å². The first-order valence-electron chi connectivity index (χ1n) is 5.75. The predicted octanol–water partition coefficient (Wildman–Crippen LogP) is 2.46. The van der Waals surface area contributed by atoms with Crippen LogP contribution >= 0.6 is 0 Å². The predicted molar refractivity (Wildman–Crippen MR) is 63.6 cm³/mol. The van der Waals surface area contributed by atoms with Crippen LogP contribution in [0.15, 0.2) is 30.3 Å². The lowest BCUT2D eigenvalue weighted by Crippen LogP contribution is -2.47. The van der Waals surface area contributed by atoms with E-state index in [1.54, 1.807) is 24.3 Å². The number of ketones is 1. The van der Waals surface area contributed by atoms with E-state index in [0.717, 1.165) is 0 Å². The molecule has 1 atom stereocenters. The Bertz CT molecular complexity index is 434. The molecule has 1 saturated carbocycles. The second-order valence-electron chi connectivity index (χ2n) is 5.15. The average molecular weight is 232 g/mol. The van der Waals surface area contributed by atoms with Gasteiger partial charge in [0.05, 0.1) is 11.5 Å². The zero-order valence-corrected chi connectivity index (χ0v) is 10.1. The van der Waals surface area contributed by atoms with Gasteiger partial charge in [-0.2, -0.15) is 0 Å². The van der Waals surface area contributed by atoms with Crippen LogP contribution in [0.2, 0.25) is 0 Å². The van der Waals surface area contributed by atoms with Gasteiger partial charge in [0.2, 0.25) is 0 Å². The maximum absolute atomic E-state index is 11.7. The molecule has 1 unspecified atom stereocenters. The third-order valence-electron chi connectivity index (χ3n) is 3.35. The van der Waals surface area contributed by atoms with Gasteiger partial charge in [-0.3, -0.25) is 4.79 Å². The number of hydrogen-bond donors (Lipinski definition) is 0. The van der Waals surface area contributed by atoms with Crippen molar-refractivity contribution >= 4 is 11.8 Å². The van der Waals surface area contributed by atoms with Crippen LogP contribution < -0.4 is 0 Å². The summed E-state index contributed by atoms with van der Waals surface area (Å²) in [4.78, 5) is 23.1. The van der Waals surface area contributed by atoms with E-state index in [9.17, 15) is 9.59 Å². The number of Topliss-reactive ketones (excluding diaryl/α,β-unsaturated/α-hetero) is 1. The minimum Gasteiger partial charge on any atom is -0.461 e. The fourth-order valence-electron chi connectivity index (χ4n) is 2.14. The molecule has 17 heavy (non-hydrogen) atoms. The molecule has 0 N–H and O–H groups in total. The van der Waals surface area contributed by atoms with Crippen molar-refractivity contribution in [1.82, 2.24) is 0 Å². The van der Waals surface area contributed by atoms with Crippen molar-refractivity contribution in [2.24, 2.45) is 11.3 Å². The van der Waals surface area contributed by atoms with E-state index < -0.39 is 0 Å². The van der Waals surface area contributed by atoms with Crippen molar-refractivity contribution in [3.8, 4) is 0 Å². The van der Waals surface area contributed by atoms with E-state index in [1.807, 2.05) is 19.9 Å². The third-order valence-corrected chi connectivity index (χ3v) is 3.35. The molecular formula is C14H16O3. The van der Waals surface area contributed by atoms with Crippen LogP contribution in [0.25, 0.3) is 0 Å². The van der Waals surface area contributed by atoms with Gasteiger partial charge in [0, 0.05) is 6.42 Å². The molecular weight excluding hydrogens is 216 g/mol. The summed E-state index contributed by atoms with van der Waals surface area (Å²) in [7, 11) is 0. The van der Waals surface area contributed by atoms with Gasteiger partial charge in [-0.1, -0.05) is 32.0 Å². The van der Waals surface area contributed by atoms with Crippen LogP contribution in [0.1, 0.15) is 30.6 Å². The smallest absolute Gasteiger partial charge is 0.338 e. The van der Waals surface area contributed by atoms with Crippen LogP contribution in [-0.2, 0) is 9.53 Å². The molecule has 0 bridgehead atoms. The Kier molecular flexibility index (Phi) is 3.01. The van der Waals surface area contributed by atoms with Gasteiger partial charge in [-0.25, -0.2) is 4.79 Å². The van der Waals surface area contributed by atoms with Gasteiger partial charge < -0.3 is 4.74 Å². The van der Waals surface area contributed by atoms with Gasteiger partial charge in [-0.05, 0) is 17.5 Å². The molecule has 3 nitrogen and oxygen atoms in total. The Labute approximate surface area is 101 Å². The topological polar surface area (TPSA) is 43.4 Å². The maximum Gasteiger partial charge on any atom is 0.338 e. The number of carbonyl (C=O) groups excluding carboxylic acids is 2. The molecule has 0 heterocycles. The van der Waals surface area contributed by atoms with Crippen LogP contribution in [-0.4, -0.2) is 18.4 Å². The molecule has 90 valence electrons. The van der Waals surface area contributed by atoms with Crippen LogP contribution in [0.3, 0.4) is 0 Å². The lowest BCUT2D eigenvalue weighted by atomic mass is 9.62. The van der Waals surface area contributed by atoms with Crippen molar-refractivity contribution in [2.45, 2.75) is 20.3 Å². The SMILES string of the molecule is CC1(C)CC(=O)C1COC(=O)c1ccccc1. The molecule has 3 heteroatoms. The van der Waals surface area contributed by atoms with E-state index in [1.165, 1.54) is 0 Å². The lowest BCUT2D eigenvalue weighted by Gasteiger charge is -2.42. The van der Waals surface area contributed by atoms with Crippen molar-refractivity contribution in [3.63, 3.8) is 0 Å². The largest absolute Gasteiger partial charge is 0.461 e. The molecule has 1 aliphatic rings. The number of benzene rings is 1. The summed E-state index contributed by atoms with van der Waals surface area (Å²) in [6, 6.07) is 8.82. The van der Waals surface area contributed by atoms with E-state index in [4.69, 9.17) is 4.74 Å². The highest BCUT2D eigenvalue weighted by Gasteiger charge is 2.46. The Morgan fingerprint density at radius 1 is 1.35 bits per heavy atom. The summed E-state index contributed by atoms with van der Waals surface area (Å²) in [5, 5.41) is 0. The standard InChI is InChI=1S/C14H16O3/c1-14(2)8-12(15)11(14)9-17-13(16)10-6-4-3-5-7-10/h3-7,11H,8-9H2,1-2H3. The highest BCUT2D eigenvalue weighted by Crippen LogP contribution is 2.42. The van der Waals surface area contributed by atoms with Crippen molar-refractivity contribution in [3.05, 3.63) is 35.9 Å². The van der Waals surface area contributed by atoms with Crippen molar-refractivity contribution in [1.29, 1.82) is 0 Å². The highest BCUT2D eigenvalue weighted by molar-refractivity contribution is 5.91. The summed E-state index contributed by atoms with van der Waals surface area (Å²) >= 11 is 0. The van der Waals surface area contributed by atoms with Gasteiger partial charge in [0.25, 0.3) is 0 Å². The molecule has 1 fully saturated rings. The van der Waals surface area contributed by atoms with Crippen LogP contribution in [0, 0.1) is 11.3 Å². The number of esters is 1. The Morgan fingerprint density at radius 3 is 2.53 bits per heavy atom. The lowest BCUT2D eigenvalue weighted by molar-refractivity contribution is -0.143. The second kappa shape index (κ2) is 4.32.